The molecule has 4 rings (SSSR count). The van der Waals surface area contributed by atoms with Gasteiger partial charge in [0.05, 0.1) is 12.1 Å². The zero-order valence-corrected chi connectivity index (χ0v) is 16.3. The van der Waals surface area contributed by atoms with Crippen LogP contribution < -0.4 is 0 Å². The third-order valence-corrected chi connectivity index (χ3v) is 5.24. The third-order valence-electron chi connectivity index (χ3n) is 5.24. The number of hydrogen-bond acceptors (Lipinski definition) is 2. The lowest BCUT2D eigenvalue weighted by Gasteiger charge is -2.37. The van der Waals surface area contributed by atoms with Crippen LogP contribution >= 0.6 is 0 Å². The Morgan fingerprint density at radius 2 is 1.27 bits per heavy atom. The van der Waals surface area contributed by atoms with Crippen LogP contribution in [0.2, 0.25) is 0 Å². The van der Waals surface area contributed by atoms with E-state index < -0.39 is 17.6 Å². The van der Waals surface area contributed by atoms with Gasteiger partial charge in [0.25, 0.3) is 6.08 Å². The summed E-state index contributed by atoms with van der Waals surface area (Å²) in [5, 5.41) is 9.02. The maximum Gasteiger partial charge on any atom is 0.303 e. The first kappa shape index (κ1) is 19.6. The van der Waals surface area contributed by atoms with Crippen molar-refractivity contribution in [3.05, 3.63) is 126 Å². The van der Waals surface area contributed by atoms with Crippen molar-refractivity contribution in [1.29, 1.82) is 0 Å². The Bertz CT molecular complexity index is 1030. The molecule has 0 amide bonds. The molecule has 0 unspecified atom stereocenters. The zero-order valence-electron chi connectivity index (χ0n) is 16.3. The minimum absolute atomic E-state index is 0.106. The van der Waals surface area contributed by atoms with Crippen LogP contribution in [0, 0.1) is 6.08 Å². The summed E-state index contributed by atoms with van der Waals surface area (Å²) in [4.78, 5) is 15.1. The van der Waals surface area contributed by atoms with Crippen molar-refractivity contribution in [3.63, 3.8) is 0 Å². The van der Waals surface area contributed by atoms with E-state index in [1.807, 2.05) is 91.0 Å². The second kappa shape index (κ2) is 8.33. The van der Waals surface area contributed by atoms with Crippen LogP contribution in [0.15, 0.2) is 97.2 Å². The highest BCUT2D eigenvalue weighted by Crippen LogP contribution is 2.41. The van der Waals surface area contributed by atoms with Crippen LogP contribution in [-0.2, 0) is 16.8 Å². The molecule has 1 N–H and O–H groups in total. The van der Waals surface area contributed by atoms with Crippen LogP contribution in [0.4, 0.5) is 4.39 Å². The zero-order chi connectivity index (χ0) is 21.0. The Labute approximate surface area is 174 Å². The average molecular weight is 400 g/mol. The number of benzene rings is 3. The Hall–Kier alpha value is -3.73. The molecule has 150 valence electrons. The molecule has 1 aromatic heterocycles. The van der Waals surface area contributed by atoms with Crippen molar-refractivity contribution in [1.82, 2.24) is 9.55 Å². The molecule has 0 saturated heterocycles. The van der Waals surface area contributed by atoms with Gasteiger partial charge in [-0.15, -0.1) is 0 Å². The van der Waals surface area contributed by atoms with Gasteiger partial charge in [-0.2, -0.15) is 4.39 Å². The number of carbonyl (C=O) groups is 1. The largest absolute Gasteiger partial charge is 0.481 e. The van der Waals surface area contributed by atoms with E-state index in [9.17, 15) is 4.79 Å². The molecule has 0 aliphatic carbocycles. The second-order valence-electron chi connectivity index (χ2n) is 7.07. The molecule has 0 atom stereocenters. The summed E-state index contributed by atoms with van der Waals surface area (Å²) < 4.78 is 16.9. The summed E-state index contributed by atoms with van der Waals surface area (Å²) in [6, 6.07) is 29.1. The lowest BCUT2D eigenvalue weighted by atomic mass is 9.76. The van der Waals surface area contributed by atoms with E-state index in [2.05, 4.69) is 4.98 Å². The van der Waals surface area contributed by atoms with E-state index in [1.165, 1.54) is 4.57 Å². The van der Waals surface area contributed by atoms with Gasteiger partial charge >= 0.3 is 5.97 Å². The van der Waals surface area contributed by atoms with Crippen molar-refractivity contribution in [2.45, 2.75) is 18.4 Å². The molecule has 3 aromatic carbocycles. The predicted octanol–water partition coefficient (Wildman–Crippen LogP) is 4.88. The van der Waals surface area contributed by atoms with Crippen molar-refractivity contribution in [2.24, 2.45) is 0 Å². The third kappa shape index (κ3) is 3.50. The summed E-state index contributed by atoms with van der Waals surface area (Å²) >= 11 is 0. The molecule has 0 fully saturated rings. The number of carboxylic acids is 1. The predicted molar refractivity (Wildman–Crippen MR) is 113 cm³/mol. The Morgan fingerprint density at radius 1 is 0.833 bits per heavy atom. The van der Waals surface area contributed by atoms with Crippen molar-refractivity contribution < 1.29 is 14.3 Å². The fraction of sp³-hybridized carbons (Fsp3) is 0.120. The quantitative estimate of drug-likeness (QED) is 0.450. The summed E-state index contributed by atoms with van der Waals surface area (Å²) in [7, 11) is 0. The Kier molecular flexibility index (Phi) is 5.44. The summed E-state index contributed by atoms with van der Waals surface area (Å²) in [6.45, 7) is 0. The van der Waals surface area contributed by atoms with E-state index in [-0.39, 0.29) is 12.8 Å². The SMILES string of the molecule is O=C(O)CCc1cn(C(c2ccccc2)(c2ccccc2)c2ccccc2)c(F)n1. The van der Waals surface area contributed by atoms with Gasteiger partial charge in [-0.3, -0.25) is 9.36 Å². The van der Waals surface area contributed by atoms with Crippen LogP contribution in [0.5, 0.6) is 0 Å². The molecule has 4 aromatic rings. The normalized spacial score (nSPS) is 11.4. The number of imidazole rings is 1. The monoisotopic (exact) mass is 400 g/mol. The van der Waals surface area contributed by atoms with Crippen LogP contribution in [0.3, 0.4) is 0 Å². The maximum atomic E-state index is 15.4. The number of aryl methyl sites for hydroxylation is 1. The van der Waals surface area contributed by atoms with E-state index in [0.717, 1.165) is 16.7 Å². The molecule has 5 heteroatoms. The first-order chi connectivity index (χ1) is 14.6. The van der Waals surface area contributed by atoms with Crippen LogP contribution in [0.25, 0.3) is 0 Å². The Morgan fingerprint density at radius 3 is 1.67 bits per heavy atom. The molecule has 0 aliphatic heterocycles. The number of aromatic nitrogens is 2. The molecule has 0 saturated carbocycles. The molecule has 0 bridgehead atoms. The minimum Gasteiger partial charge on any atom is -0.481 e. The lowest BCUT2D eigenvalue weighted by Crippen LogP contribution is -2.38. The number of hydrogen-bond donors (Lipinski definition) is 1. The highest BCUT2D eigenvalue weighted by Gasteiger charge is 2.40. The summed E-state index contributed by atoms with van der Waals surface area (Å²) in [5.74, 6) is -0.939. The van der Waals surface area contributed by atoms with Gasteiger partial charge in [0.2, 0.25) is 0 Å². The van der Waals surface area contributed by atoms with Gasteiger partial charge in [0, 0.05) is 12.6 Å². The van der Waals surface area contributed by atoms with Crippen LogP contribution in [-0.4, -0.2) is 20.6 Å². The van der Waals surface area contributed by atoms with E-state index >= 15 is 4.39 Å². The van der Waals surface area contributed by atoms with Gasteiger partial charge in [-0.05, 0) is 16.7 Å². The smallest absolute Gasteiger partial charge is 0.303 e. The van der Waals surface area contributed by atoms with Crippen molar-refractivity contribution >= 4 is 5.97 Å². The minimum atomic E-state index is -0.998. The molecule has 0 radical (unpaired) electrons. The maximum absolute atomic E-state index is 15.4. The standard InChI is InChI=1S/C25H21FN2O2/c26-24-27-22(16-17-23(29)30)18-28(24)25(19-10-4-1-5-11-19,20-12-6-2-7-13-20)21-14-8-3-9-15-21/h1-15,18H,16-17H2,(H,29,30). The fourth-order valence-corrected chi connectivity index (χ4v) is 3.95. The van der Waals surface area contributed by atoms with Crippen molar-refractivity contribution in [2.75, 3.05) is 0 Å². The topological polar surface area (TPSA) is 55.1 Å². The number of halogens is 1. The first-order valence-electron chi connectivity index (χ1n) is 9.75. The number of rotatable bonds is 7. The second-order valence-corrected chi connectivity index (χ2v) is 7.07. The molecular formula is C25H21FN2O2. The van der Waals surface area contributed by atoms with Crippen LogP contribution in [0.1, 0.15) is 28.8 Å². The van der Waals surface area contributed by atoms with E-state index in [1.54, 1.807) is 6.20 Å². The molecule has 0 spiro atoms. The van der Waals surface area contributed by atoms with E-state index in [0.29, 0.717) is 5.69 Å². The van der Waals surface area contributed by atoms with Gasteiger partial charge in [0.15, 0.2) is 0 Å². The average Bonchev–Trinajstić information content (AvgIpc) is 3.16. The van der Waals surface area contributed by atoms with E-state index in [4.69, 9.17) is 5.11 Å². The summed E-state index contributed by atoms with van der Waals surface area (Å²) in [6.07, 6.45) is 1.02. The summed E-state index contributed by atoms with van der Waals surface area (Å²) in [5.41, 5.74) is 2.04. The lowest BCUT2D eigenvalue weighted by molar-refractivity contribution is -0.136. The first-order valence-corrected chi connectivity index (χ1v) is 9.75. The molecule has 1 heterocycles. The number of aliphatic carboxylic acids is 1. The molecule has 4 nitrogen and oxygen atoms in total. The van der Waals surface area contributed by atoms with Gasteiger partial charge in [-0.1, -0.05) is 91.0 Å². The fourth-order valence-electron chi connectivity index (χ4n) is 3.95. The van der Waals surface area contributed by atoms with Crippen molar-refractivity contribution in [3.8, 4) is 0 Å². The Balaban J connectivity index is 2.03. The number of carboxylic acid groups (broad SMARTS) is 1. The molecule has 0 aliphatic rings. The van der Waals surface area contributed by atoms with Gasteiger partial charge in [0.1, 0.15) is 5.54 Å². The van der Waals surface area contributed by atoms with Gasteiger partial charge < -0.3 is 5.11 Å². The highest BCUT2D eigenvalue weighted by molar-refractivity contribution is 5.67. The van der Waals surface area contributed by atoms with Gasteiger partial charge in [-0.25, -0.2) is 4.98 Å². The number of nitrogens with zero attached hydrogens (tertiary/aromatic N) is 2. The molecular weight excluding hydrogens is 379 g/mol. The molecule has 30 heavy (non-hydrogen) atoms. The highest BCUT2D eigenvalue weighted by atomic mass is 19.1.